The largest absolute Gasteiger partial charge is 0.363 e. The molecule has 2 aromatic rings. The van der Waals surface area contributed by atoms with E-state index in [1.807, 2.05) is 43.0 Å². The molecule has 1 aromatic heterocycles. The molecule has 0 bridgehead atoms. The fourth-order valence-electron chi connectivity index (χ4n) is 3.94. The minimum absolute atomic E-state index is 0.0187. The number of hydrogen-bond donors (Lipinski definition) is 1. The van der Waals surface area contributed by atoms with Crippen molar-refractivity contribution < 1.29 is 14.3 Å². The molecule has 3 heterocycles. The summed E-state index contributed by atoms with van der Waals surface area (Å²) in [6, 6.07) is 7.55. The topological polar surface area (TPSA) is 84.4 Å². The highest BCUT2D eigenvalue weighted by Gasteiger charge is 2.47. The van der Waals surface area contributed by atoms with E-state index in [0.29, 0.717) is 30.8 Å². The van der Waals surface area contributed by atoms with Crippen molar-refractivity contribution in [3.05, 3.63) is 59.2 Å². The number of rotatable bonds is 4. The molecule has 0 radical (unpaired) electrons. The van der Waals surface area contributed by atoms with E-state index in [1.165, 1.54) is 0 Å². The highest BCUT2D eigenvalue weighted by atomic mass is 16.5. The van der Waals surface area contributed by atoms with Gasteiger partial charge in [0.25, 0.3) is 5.91 Å². The molecule has 28 heavy (non-hydrogen) atoms. The molecule has 0 aliphatic carbocycles. The first kappa shape index (κ1) is 18.6. The molecule has 7 nitrogen and oxygen atoms in total. The van der Waals surface area contributed by atoms with E-state index in [9.17, 15) is 9.59 Å². The number of nitrogens with one attached hydrogen (secondary N) is 1. The Hall–Kier alpha value is -2.80. The molecule has 146 valence electrons. The van der Waals surface area contributed by atoms with Crippen LogP contribution in [0.5, 0.6) is 0 Å². The van der Waals surface area contributed by atoms with Crippen LogP contribution in [0.1, 0.15) is 40.2 Å². The van der Waals surface area contributed by atoms with E-state index in [2.05, 4.69) is 15.3 Å². The third kappa shape index (κ3) is 3.62. The summed E-state index contributed by atoms with van der Waals surface area (Å²) in [6.07, 6.45) is 3.99. The Bertz CT molecular complexity index is 883. The molecule has 2 saturated heterocycles. The summed E-state index contributed by atoms with van der Waals surface area (Å²) in [7, 11) is 0. The van der Waals surface area contributed by atoms with E-state index in [-0.39, 0.29) is 24.0 Å². The van der Waals surface area contributed by atoms with Crippen molar-refractivity contribution in [3.8, 4) is 0 Å². The van der Waals surface area contributed by atoms with Crippen LogP contribution < -0.4 is 5.32 Å². The maximum Gasteiger partial charge on any atom is 0.254 e. The van der Waals surface area contributed by atoms with Crippen molar-refractivity contribution in [1.29, 1.82) is 0 Å². The summed E-state index contributed by atoms with van der Waals surface area (Å²) in [4.78, 5) is 35.8. The van der Waals surface area contributed by atoms with E-state index in [1.54, 1.807) is 12.4 Å². The number of hydrogen-bond acceptors (Lipinski definition) is 5. The molecule has 4 rings (SSSR count). The van der Waals surface area contributed by atoms with Crippen LogP contribution in [-0.2, 0) is 16.1 Å². The second-order valence-electron chi connectivity index (χ2n) is 7.44. The predicted molar refractivity (Wildman–Crippen MR) is 103 cm³/mol. The van der Waals surface area contributed by atoms with Crippen LogP contribution in [0, 0.1) is 13.8 Å². The van der Waals surface area contributed by atoms with Gasteiger partial charge in [-0.25, -0.2) is 0 Å². The highest BCUT2D eigenvalue weighted by Crippen LogP contribution is 2.34. The van der Waals surface area contributed by atoms with E-state index in [4.69, 9.17) is 4.74 Å². The first-order chi connectivity index (χ1) is 13.5. The van der Waals surface area contributed by atoms with Crippen LogP contribution in [-0.4, -0.2) is 51.5 Å². The zero-order chi connectivity index (χ0) is 19.7. The summed E-state index contributed by atoms with van der Waals surface area (Å²) in [5.74, 6) is -0.148. The lowest BCUT2D eigenvalue weighted by Crippen LogP contribution is -2.39. The molecule has 2 aliphatic rings. The fourth-order valence-corrected chi connectivity index (χ4v) is 3.94. The maximum absolute atomic E-state index is 13.0. The molecule has 2 fully saturated rings. The second kappa shape index (κ2) is 7.67. The number of carbonyl (C=O) groups is 2. The maximum atomic E-state index is 13.0. The number of fused-ring (bicyclic) bond motifs is 1. The Labute approximate surface area is 164 Å². The number of aryl methyl sites for hydroxylation is 2. The zero-order valence-electron chi connectivity index (χ0n) is 16.1. The summed E-state index contributed by atoms with van der Waals surface area (Å²) in [6.45, 7) is 4.78. The first-order valence-electron chi connectivity index (χ1n) is 9.60. The normalized spacial score (nSPS) is 23.5. The number of ether oxygens (including phenoxy) is 1. The monoisotopic (exact) mass is 380 g/mol. The van der Waals surface area contributed by atoms with Gasteiger partial charge < -0.3 is 15.0 Å². The number of benzene rings is 1. The highest BCUT2D eigenvalue weighted by molar-refractivity contribution is 5.96. The molecule has 0 saturated carbocycles. The Kier molecular flexibility index (Phi) is 5.09. The number of likely N-dealkylation sites (tertiary alicyclic amines) is 1. The number of aromatic nitrogens is 2. The van der Waals surface area contributed by atoms with Crippen molar-refractivity contribution in [2.75, 3.05) is 6.54 Å². The molecule has 2 aliphatic heterocycles. The van der Waals surface area contributed by atoms with Gasteiger partial charge in [-0.3, -0.25) is 19.6 Å². The van der Waals surface area contributed by atoms with Crippen LogP contribution in [0.25, 0.3) is 0 Å². The summed E-state index contributed by atoms with van der Waals surface area (Å²) in [5.41, 5.74) is 3.21. The molecular weight excluding hydrogens is 356 g/mol. The van der Waals surface area contributed by atoms with Gasteiger partial charge in [-0.05, 0) is 31.9 Å². The molecule has 3 atom stereocenters. The molecule has 1 aromatic carbocycles. The number of carbonyl (C=O) groups excluding carboxylic acids is 2. The lowest BCUT2D eigenvalue weighted by Gasteiger charge is -2.24. The molecule has 7 heteroatoms. The van der Waals surface area contributed by atoms with Crippen LogP contribution >= 0.6 is 0 Å². The summed E-state index contributed by atoms with van der Waals surface area (Å²) >= 11 is 0. The Balaban J connectivity index is 1.37. The van der Waals surface area contributed by atoms with Gasteiger partial charge in [0.05, 0.1) is 36.3 Å². The second-order valence-corrected chi connectivity index (χ2v) is 7.44. The Morgan fingerprint density at radius 2 is 2.04 bits per heavy atom. The van der Waals surface area contributed by atoms with E-state index >= 15 is 0 Å². The first-order valence-corrected chi connectivity index (χ1v) is 9.60. The Morgan fingerprint density at radius 3 is 2.79 bits per heavy atom. The number of amides is 2. The quantitative estimate of drug-likeness (QED) is 0.874. The molecule has 0 spiro atoms. The van der Waals surface area contributed by atoms with Crippen LogP contribution in [0.2, 0.25) is 0 Å². The number of nitrogens with zero attached hydrogens (tertiary/aromatic N) is 3. The minimum atomic E-state index is -0.541. The molecular formula is C21H24N4O3. The van der Waals surface area contributed by atoms with Gasteiger partial charge in [-0.2, -0.15) is 0 Å². The van der Waals surface area contributed by atoms with Gasteiger partial charge in [0.15, 0.2) is 0 Å². The van der Waals surface area contributed by atoms with Gasteiger partial charge >= 0.3 is 0 Å². The van der Waals surface area contributed by atoms with Crippen molar-refractivity contribution in [2.45, 2.75) is 51.5 Å². The van der Waals surface area contributed by atoms with Gasteiger partial charge in [0, 0.05) is 24.7 Å². The Morgan fingerprint density at radius 1 is 1.21 bits per heavy atom. The van der Waals surface area contributed by atoms with Gasteiger partial charge in [0.2, 0.25) is 5.91 Å². The van der Waals surface area contributed by atoms with E-state index < -0.39 is 6.10 Å². The fraction of sp³-hybridized carbons (Fsp3) is 0.429. The van der Waals surface area contributed by atoms with Crippen LogP contribution in [0.4, 0.5) is 0 Å². The molecule has 1 N–H and O–H groups in total. The minimum Gasteiger partial charge on any atom is -0.363 e. The standard InChI is InChI=1S/C21H24N4O3/c1-13-5-3-4-6-16(13)21(27)25-8-7-18-17(25)9-19(28-18)20(26)24-12-15-11-22-14(2)10-23-15/h3-6,10-11,17-19H,7-9,12H2,1-2H3,(H,24,26)/t17-,18-,19-/m1/s1. The smallest absolute Gasteiger partial charge is 0.254 e. The zero-order valence-corrected chi connectivity index (χ0v) is 16.1. The van der Waals surface area contributed by atoms with Crippen LogP contribution in [0.3, 0.4) is 0 Å². The third-order valence-corrected chi connectivity index (χ3v) is 5.49. The van der Waals surface area contributed by atoms with Crippen molar-refractivity contribution in [1.82, 2.24) is 20.2 Å². The van der Waals surface area contributed by atoms with Crippen molar-refractivity contribution >= 4 is 11.8 Å². The average molecular weight is 380 g/mol. The summed E-state index contributed by atoms with van der Waals surface area (Å²) in [5, 5.41) is 2.86. The van der Waals surface area contributed by atoms with Gasteiger partial charge in [-0.1, -0.05) is 18.2 Å². The summed E-state index contributed by atoms with van der Waals surface area (Å²) < 4.78 is 5.96. The van der Waals surface area contributed by atoms with Crippen LogP contribution in [0.15, 0.2) is 36.7 Å². The van der Waals surface area contributed by atoms with Gasteiger partial charge in [0.1, 0.15) is 6.10 Å². The average Bonchev–Trinajstić information content (AvgIpc) is 3.28. The lowest BCUT2D eigenvalue weighted by atomic mass is 10.1. The SMILES string of the molecule is Cc1cnc(CNC(=O)[C@H]2C[C@@H]3[C@@H](CCN3C(=O)c3ccccc3C)O2)cn1. The third-order valence-electron chi connectivity index (χ3n) is 5.49. The van der Waals surface area contributed by atoms with Crippen molar-refractivity contribution in [2.24, 2.45) is 0 Å². The molecule has 0 unspecified atom stereocenters. The lowest BCUT2D eigenvalue weighted by molar-refractivity contribution is -0.132. The predicted octanol–water partition coefficient (Wildman–Crippen LogP) is 1.78. The van der Waals surface area contributed by atoms with E-state index in [0.717, 1.165) is 17.7 Å². The molecule has 2 amide bonds. The van der Waals surface area contributed by atoms with Crippen molar-refractivity contribution in [3.63, 3.8) is 0 Å². The van der Waals surface area contributed by atoms with Gasteiger partial charge in [-0.15, -0.1) is 0 Å².